The Morgan fingerprint density at radius 3 is 1.65 bits per heavy atom. The number of esters is 1. The Labute approximate surface area is 125 Å². The largest absolute Gasteiger partial charge is 0.469 e. The van der Waals surface area contributed by atoms with Gasteiger partial charge in [-0.2, -0.15) is 0 Å². The van der Waals surface area contributed by atoms with Crippen LogP contribution in [0.1, 0.15) is 90.4 Å². The Hall–Kier alpha value is -0.570. The van der Waals surface area contributed by atoms with Crippen molar-refractivity contribution in [3.63, 3.8) is 0 Å². The fourth-order valence-electron chi connectivity index (χ4n) is 2.40. The van der Waals surface area contributed by atoms with Gasteiger partial charge < -0.3 is 9.84 Å². The number of carbonyl (C=O) groups excluding carboxylic acids is 1. The Balaban J connectivity index is 3.01. The lowest BCUT2D eigenvalue weighted by Crippen LogP contribution is -1.99. The van der Waals surface area contributed by atoms with E-state index < -0.39 is 0 Å². The van der Waals surface area contributed by atoms with Gasteiger partial charge in [-0.1, -0.05) is 64.2 Å². The molecule has 0 saturated heterocycles. The molecule has 3 heteroatoms. The number of methoxy groups -OCH3 is 1. The maximum Gasteiger partial charge on any atom is 0.305 e. The quantitative estimate of drug-likeness (QED) is 0.374. The van der Waals surface area contributed by atoms with E-state index in [-0.39, 0.29) is 12.1 Å². The van der Waals surface area contributed by atoms with Crippen molar-refractivity contribution in [2.75, 3.05) is 7.11 Å². The van der Waals surface area contributed by atoms with E-state index in [2.05, 4.69) is 4.74 Å². The first-order chi connectivity index (χ1) is 9.66. The molecule has 0 aromatic heterocycles. The van der Waals surface area contributed by atoms with E-state index in [0.717, 1.165) is 25.7 Å². The predicted molar refractivity (Wildman–Crippen MR) is 83.7 cm³/mol. The van der Waals surface area contributed by atoms with Crippen molar-refractivity contribution in [3.8, 4) is 0 Å². The number of rotatable bonds is 14. The van der Waals surface area contributed by atoms with Crippen LogP contribution in [0.15, 0.2) is 0 Å². The first-order valence-corrected chi connectivity index (χ1v) is 8.41. The van der Waals surface area contributed by atoms with Gasteiger partial charge in [-0.25, -0.2) is 0 Å². The third-order valence-corrected chi connectivity index (χ3v) is 3.73. The lowest BCUT2D eigenvalue weighted by atomic mass is 10.0. The summed E-state index contributed by atoms with van der Waals surface area (Å²) in [5.41, 5.74) is 0. The highest BCUT2D eigenvalue weighted by atomic mass is 16.5. The van der Waals surface area contributed by atoms with Crippen molar-refractivity contribution < 1.29 is 14.6 Å². The van der Waals surface area contributed by atoms with Gasteiger partial charge in [0.2, 0.25) is 0 Å². The van der Waals surface area contributed by atoms with E-state index in [1.54, 1.807) is 0 Å². The minimum atomic E-state index is -0.130. The molecular formula is C17H34O3. The van der Waals surface area contributed by atoms with Gasteiger partial charge in [0.05, 0.1) is 13.2 Å². The highest BCUT2D eigenvalue weighted by Crippen LogP contribution is 2.13. The molecule has 0 rings (SSSR count). The summed E-state index contributed by atoms with van der Waals surface area (Å²) in [5, 5.41) is 9.13. The number of aliphatic hydroxyl groups excluding tert-OH is 1. The molecule has 0 bridgehead atoms. The van der Waals surface area contributed by atoms with Crippen LogP contribution in [-0.2, 0) is 9.53 Å². The lowest BCUT2D eigenvalue weighted by Gasteiger charge is -2.04. The van der Waals surface area contributed by atoms with Crippen molar-refractivity contribution in [1.82, 2.24) is 0 Å². The molecule has 1 unspecified atom stereocenters. The number of hydrogen-bond donors (Lipinski definition) is 1. The number of hydrogen-bond acceptors (Lipinski definition) is 3. The molecule has 0 aliphatic carbocycles. The Morgan fingerprint density at radius 2 is 1.25 bits per heavy atom. The second kappa shape index (κ2) is 14.8. The molecule has 0 saturated carbocycles. The first-order valence-electron chi connectivity index (χ1n) is 8.41. The summed E-state index contributed by atoms with van der Waals surface area (Å²) < 4.78 is 4.61. The topological polar surface area (TPSA) is 46.5 Å². The summed E-state index contributed by atoms with van der Waals surface area (Å²) in [6.45, 7) is 1.87. The molecule has 0 aliphatic rings. The fourth-order valence-corrected chi connectivity index (χ4v) is 2.40. The van der Waals surface area contributed by atoms with Crippen LogP contribution < -0.4 is 0 Å². The number of carbonyl (C=O) groups is 1. The van der Waals surface area contributed by atoms with E-state index in [1.807, 2.05) is 6.92 Å². The third-order valence-electron chi connectivity index (χ3n) is 3.73. The van der Waals surface area contributed by atoms with Crippen LogP contribution in [0.5, 0.6) is 0 Å². The summed E-state index contributed by atoms with van der Waals surface area (Å²) in [5.74, 6) is -0.0828. The van der Waals surface area contributed by atoms with E-state index in [1.165, 1.54) is 58.5 Å². The maximum absolute atomic E-state index is 10.9. The summed E-state index contributed by atoms with van der Waals surface area (Å²) in [4.78, 5) is 10.9. The van der Waals surface area contributed by atoms with Gasteiger partial charge in [-0.3, -0.25) is 4.79 Å². The average molecular weight is 286 g/mol. The van der Waals surface area contributed by atoms with Crippen molar-refractivity contribution in [3.05, 3.63) is 0 Å². The zero-order chi connectivity index (χ0) is 15.1. The highest BCUT2D eigenvalue weighted by Gasteiger charge is 1.99. The minimum absolute atomic E-state index is 0.0828. The Bertz CT molecular complexity index is 214. The number of unbranched alkanes of at least 4 members (excludes halogenated alkanes) is 10. The van der Waals surface area contributed by atoms with Crippen LogP contribution in [0, 0.1) is 0 Å². The van der Waals surface area contributed by atoms with Crippen LogP contribution in [0.2, 0.25) is 0 Å². The molecule has 0 aromatic carbocycles. The molecule has 0 fully saturated rings. The summed E-state index contributed by atoms with van der Waals surface area (Å²) in [6, 6.07) is 0. The van der Waals surface area contributed by atoms with Crippen molar-refractivity contribution in [1.29, 1.82) is 0 Å². The molecule has 3 nitrogen and oxygen atoms in total. The third kappa shape index (κ3) is 15.5. The number of ether oxygens (including phenoxy) is 1. The van der Waals surface area contributed by atoms with Gasteiger partial charge in [-0.05, 0) is 19.8 Å². The van der Waals surface area contributed by atoms with Crippen LogP contribution in [0.4, 0.5) is 0 Å². The van der Waals surface area contributed by atoms with E-state index in [4.69, 9.17) is 5.11 Å². The normalized spacial score (nSPS) is 12.3. The Kier molecular flexibility index (Phi) is 14.4. The summed E-state index contributed by atoms with van der Waals surface area (Å²) in [6.07, 6.45) is 15.1. The van der Waals surface area contributed by atoms with Crippen LogP contribution in [-0.4, -0.2) is 24.3 Å². The average Bonchev–Trinajstić information content (AvgIpc) is 2.43. The smallest absolute Gasteiger partial charge is 0.305 e. The van der Waals surface area contributed by atoms with Gasteiger partial charge in [0, 0.05) is 6.42 Å². The summed E-state index contributed by atoms with van der Waals surface area (Å²) >= 11 is 0. The zero-order valence-corrected chi connectivity index (χ0v) is 13.5. The predicted octanol–water partition coefficient (Wildman–Crippen LogP) is 4.61. The monoisotopic (exact) mass is 286 g/mol. The highest BCUT2D eigenvalue weighted by molar-refractivity contribution is 5.68. The molecule has 0 radical (unpaired) electrons. The molecule has 0 heterocycles. The van der Waals surface area contributed by atoms with Gasteiger partial charge in [0.1, 0.15) is 0 Å². The van der Waals surface area contributed by atoms with Crippen LogP contribution >= 0.6 is 0 Å². The molecule has 0 aromatic rings. The van der Waals surface area contributed by atoms with Gasteiger partial charge in [-0.15, -0.1) is 0 Å². The van der Waals surface area contributed by atoms with Crippen molar-refractivity contribution >= 4 is 5.97 Å². The second-order valence-electron chi connectivity index (χ2n) is 5.85. The van der Waals surface area contributed by atoms with E-state index in [9.17, 15) is 4.79 Å². The van der Waals surface area contributed by atoms with E-state index >= 15 is 0 Å². The van der Waals surface area contributed by atoms with Crippen molar-refractivity contribution in [2.24, 2.45) is 0 Å². The standard InChI is InChI=1S/C17H34O3/c1-16(18)14-12-10-8-6-4-3-5-7-9-11-13-15-17(19)20-2/h16,18H,3-15H2,1-2H3. The summed E-state index contributed by atoms with van der Waals surface area (Å²) in [7, 11) is 1.45. The second-order valence-corrected chi connectivity index (χ2v) is 5.85. The minimum Gasteiger partial charge on any atom is -0.469 e. The number of aliphatic hydroxyl groups is 1. The van der Waals surface area contributed by atoms with Crippen LogP contribution in [0.25, 0.3) is 0 Å². The molecule has 0 spiro atoms. The van der Waals surface area contributed by atoms with Crippen LogP contribution in [0.3, 0.4) is 0 Å². The zero-order valence-electron chi connectivity index (χ0n) is 13.5. The van der Waals surface area contributed by atoms with Crippen molar-refractivity contribution in [2.45, 2.75) is 96.5 Å². The first kappa shape index (κ1) is 19.4. The molecule has 0 aliphatic heterocycles. The Morgan fingerprint density at radius 1 is 0.850 bits per heavy atom. The molecule has 1 N–H and O–H groups in total. The molecule has 0 amide bonds. The van der Waals surface area contributed by atoms with Gasteiger partial charge in [0.15, 0.2) is 0 Å². The lowest BCUT2D eigenvalue weighted by molar-refractivity contribution is -0.140. The van der Waals surface area contributed by atoms with E-state index in [0.29, 0.717) is 6.42 Å². The SMILES string of the molecule is COC(=O)CCCCCCCCCCCCCC(C)O. The fraction of sp³-hybridized carbons (Fsp3) is 0.941. The maximum atomic E-state index is 10.9. The van der Waals surface area contributed by atoms with Gasteiger partial charge in [0.25, 0.3) is 0 Å². The molecule has 120 valence electrons. The molecule has 20 heavy (non-hydrogen) atoms. The molecular weight excluding hydrogens is 252 g/mol. The van der Waals surface area contributed by atoms with Gasteiger partial charge >= 0.3 is 5.97 Å². The molecule has 1 atom stereocenters.